The third kappa shape index (κ3) is 1.75. The SMILES string of the molecule is Cc1cc2ccccc2cc1C1CC1.N. The van der Waals surface area contributed by atoms with E-state index in [-0.39, 0.29) is 6.15 Å². The van der Waals surface area contributed by atoms with Crippen molar-refractivity contribution < 1.29 is 0 Å². The van der Waals surface area contributed by atoms with Gasteiger partial charge in [-0.2, -0.15) is 0 Å². The lowest BCUT2D eigenvalue weighted by Gasteiger charge is -2.06. The molecule has 15 heavy (non-hydrogen) atoms. The van der Waals surface area contributed by atoms with E-state index >= 15 is 0 Å². The molecular weight excluding hydrogens is 182 g/mol. The van der Waals surface area contributed by atoms with Crippen molar-refractivity contribution in [3.05, 3.63) is 47.5 Å². The molecule has 0 saturated heterocycles. The summed E-state index contributed by atoms with van der Waals surface area (Å²) in [6, 6.07) is 13.3. The summed E-state index contributed by atoms with van der Waals surface area (Å²) in [6.07, 6.45) is 2.78. The fraction of sp³-hybridized carbons (Fsp3) is 0.286. The number of hydrogen-bond donors (Lipinski definition) is 1. The van der Waals surface area contributed by atoms with Crippen LogP contribution in [0.25, 0.3) is 10.8 Å². The second-order valence-electron chi connectivity index (χ2n) is 4.33. The van der Waals surface area contributed by atoms with Gasteiger partial charge in [0.25, 0.3) is 0 Å². The van der Waals surface area contributed by atoms with Gasteiger partial charge in [-0.25, -0.2) is 0 Å². The molecule has 1 heteroatoms. The summed E-state index contributed by atoms with van der Waals surface area (Å²) in [5.41, 5.74) is 3.04. The van der Waals surface area contributed by atoms with Crippen LogP contribution in [0.5, 0.6) is 0 Å². The molecule has 0 atom stereocenters. The summed E-state index contributed by atoms with van der Waals surface area (Å²) < 4.78 is 0. The third-order valence-corrected chi connectivity index (χ3v) is 3.15. The van der Waals surface area contributed by atoms with Gasteiger partial charge in [-0.15, -0.1) is 0 Å². The molecule has 0 bridgehead atoms. The Morgan fingerprint density at radius 2 is 1.60 bits per heavy atom. The molecule has 3 N–H and O–H groups in total. The highest BCUT2D eigenvalue weighted by molar-refractivity contribution is 5.84. The average Bonchev–Trinajstić information content (AvgIpc) is 3.00. The first-order valence-electron chi connectivity index (χ1n) is 5.34. The predicted molar refractivity (Wildman–Crippen MR) is 65.7 cm³/mol. The van der Waals surface area contributed by atoms with Crippen LogP contribution < -0.4 is 6.15 Å². The van der Waals surface area contributed by atoms with Crippen molar-refractivity contribution in [2.75, 3.05) is 0 Å². The lowest BCUT2D eigenvalue weighted by Crippen LogP contribution is -1.86. The molecule has 0 aliphatic heterocycles. The maximum absolute atomic E-state index is 2.38. The Morgan fingerprint density at radius 3 is 2.20 bits per heavy atom. The molecule has 1 aliphatic carbocycles. The van der Waals surface area contributed by atoms with Gasteiger partial charge < -0.3 is 6.15 Å². The minimum Gasteiger partial charge on any atom is -0.344 e. The van der Waals surface area contributed by atoms with Crippen LogP contribution >= 0.6 is 0 Å². The molecule has 0 heterocycles. The first kappa shape index (κ1) is 10.2. The molecule has 0 radical (unpaired) electrons. The lowest BCUT2D eigenvalue weighted by molar-refractivity contribution is 1.11. The zero-order valence-corrected chi connectivity index (χ0v) is 9.16. The van der Waals surface area contributed by atoms with Crippen molar-refractivity contribution >= 4 is 10.8 Å². The van der Waals surface area contributed by atoms with Crippen molar-refractivity contribution in [3.63, 3.8) is 0 Å². The fourth-order valence-electron chi connectivity index (χ4n) is 2.21. The molecule has 2 aromatic rings. The summed E-state index contributed by atoms with van der Waals surface area (Å²) in [5, 5.41) is 2.76. The minimum atomic E-state index is 0. The van der Waals surface area contributed by atoms with Crippen LogP contribution in [0.1, 0.15) is 29.9 Å². The van der Waals surface area contributed by atoms with Gasteiger partial charge in [0.05, 0.1) is 0 Å². The van der Waals surface area contributed by atoms with Crippen molar-refractivity contribution in [2.24, 2.45) is 0 Å². The van der Waals surface area contributed by atoms with E-state index in [2.05, 4.69) is 43.3 Å². The highest BCUT2D eigenvalue weighted by atomic mass is 14.3. The topological polar surface area (TPSA) is 35.0 Å². The maximum Gasteiger partial charge on any atom is -0.0159 e. The minimum absolute atomic E-state index is 0. The van der Waals surface area contributed by atoms with Gasteiger partial charge >= 0.3 is 0 Å². The van der Waals surface area contributed by atoms with Gasteiger partial charge in [0.2, 0.25) is 0 Å². The molecule has 0 unspecified atom stereocenters. The Kier molecular flexibility index (Phi) is 2.49. The Hall–Kier alpha value is -1.34. The highest BCUT2D eigenvalue weighted by Gasteiger charge is 2.24. The molecule has 3 rings (SSSR count). The zero-order chi connectivity index (χ0) is 9.54. The number of benzene rings is 2. The molecule has 1 saturated carbocycles. The Bertz CT molecular complexity index is 484. The maximum atomic E-state index is 2.38. The number of aryl methyl sites for hydroxylation is 1. The van der Waals surface area contributed by atoms with Crippen molar-refractivity contribution in [2.45, 2.75) is 25.7 Å². The van der Waals surface area contributed by atoms with Gasteiger partial charge in [0.15, 0.2) is 0 Å². The molecular formula is C14H17N. The van der Waals surface area contributed by atoms with E-state index in [0.717, 1.165) is 5.92 Å². The van der Waals surface area contributed by atoms with Gasteiger partial charge in [-0.05, 0) is 47.6 Å². The summed E-state index contributed by atoms with van der Waals surface area (Å²) in [4.78, 5) is 0. The number of rotatable bonds is 1. The first-order valence-corrected chi connectivity index (χ1v) is 5.34. The van der Waals surface area contributed by atoms with Crippen LogP contribution in [-0.4, -0.2) is 0 Å². The Labute approximate surface area is 90.7 Å². The smallest absolute Gasteiger partial charge is 0.0159 e. The van der Waals surface area contributed by atoms with E-state index in [4.69, 9.17) is 0 Å². The van der Waals surface area contributed by atoms with Crippen molar-refractivity contribution in [1.82, 2.24) is 6.15 Å². The van der Waals surface area contributed by atoms with Crippen LogP contribution in [0, 0.1) is 6.92 Å². The molecule has 0 amide bonds. The molecule has 0 aromatic heterocycles. The Morgan fingerprint density at radius 1 is 1.00 bits per heavy atom. The zero-order valence-electron chi connectivity index (χ0n) is 9.16. The van der Waals surface area contributed by atoms with E-state index in [1.807, 2.05) is 0 Å². The van der Waals surface area contributed by atoms with Crippen LogP contribution in [0.15, 0.2) is 36.4 Å². The van der Waals surface area contributed by atoms with E-state index < -0.39 is 0 Å². The van der Waals surface area contributed by atoms with Crippen molar-refractivity contribution in [3.8, 4) is 0 Å². The second kappa shape index (κ2) is 3.67. The quantitative estimate of drug-likeness (QED) is 0.734. The van der Waals surface area contributed by atoms with E-state index in [9.17, 15) is 0 Å². The average molecular weight is 199 g/mol. The van der Waals surface area contributed by atoms with Gasteiger partial charge in [0.1, 0.15) is 0 Å². The van der Waals surface area contributed by atoms with E-state index in [0.29, 0.717) is 0 Å². The van der Waals surface area contributed by atoms with Gasteiger partial charge in [-0.1, -0.05) is 36.4 Å². The van der Waals surface area contributed by atoms with Crippen molar-refractivity contribution in [1.29, 1.82) is 0 Å². The lowest BCUT2D eigenvalue weighted by atomic mass is 9.99. The molecule has 1 fully saturated rings. The normalized spacial score (nSPS) is 15.0. The molecule has 2 aromatic carbocycles. The standard InChI is InChI=1S/C14H14.H3N/c1-10-8-12-4-2-3-5-13(12)9-14(10)11-6-7-11;/h2-5,8-9,11H,6-7H2,1H3;1H3. The fourth-order valence-corrected chi connectivity index (χ4v) is 2.21. The van der Waals surface area contributed by atoms with Crippen LogP contribution in [0.3, 0.4) is 0 Å². The van der Waals surface area contributed by atoms with E-state index in [1.165, 1.54) is 29.2 Å². The summed E-state index contributed by atoms with van der Waals surface area (Å²) >= 11 is 0. The summed E-state index contributed by atoms with van der Waals surface area (Å²) in [5.74, 6) is 0.861. The van der Waals surface area contributed by atoms with E-state index in [1.54, 1.807) is 5.56 Å². The van der Waals surface area contributed by atoms with Gasteiger partial charge in [-0.3, -0.25) is 0 Å². The predicted octanol–water partition coefficient (Wildman–Crippen LogP) is 4.19. The first-order chi connectivity index (χ1) is 6.84. The number of fused-ring (bicyclic) bond motifs is 1. The van der Waals surface area contributed by atoms with Crippen LogP contribution in [0.2, 0.25) is 0 Å². The molecule has 1 nitrogen and oxygen atoms in total. The molecule has 1 aliphatic rings. The third-order valence-electron chi connectivity index (χ3n) is 3.15. The largest absolute Gasteiger partial charge is 0.344 e. The van der Waals surface area contributed by atoms with Crippen LogP contribution in [0.4, 0.5) is 0 Å². The van der Waals surface area contributed by atoms with Crippen LogP contribution in [-0.2, 0) is 0 Å². The molecule has 78 valence electrons. The highest BCUT2D eigenvalue weighted by Crippen LogP contribution is 2.42. The summed E-state index contributed by atoms with van der Waals surface area (Å²) in [6.45, 7) is 2.24. The second-order valence-corrected chi connectivity index (χ2v) is 4.33. The monoisotopic (exact) mass is 199 g/mol. The Balaban J connectivity index is 0.000000853. The molecule has 0 spiro atoms. The number of hydrogen-bond acceptors (Lipinski definition) is 1. The summed E-state index contributed by atoms with van der Waals surface area (Å²) in [7, 11) is 0. The van der Waals surface area contributed by atoms with Gasteiger partial charge in [0, 0.05) is 0 Å².